The number of nitrogens with one attached hydrogen (secondary N) is 2. The monoisotopic (exact) mass is 480 g/mol. The van der Waals surface area contributed by atoms with E-state index in [2.05, 4.69) is 20.7 Å². The second-order valence-electron chi connectivity index (χ2n) is 9.12. The van der Waals surface area contributed by atoms with Gasteiger partial charge in [0.2, 0.25) is 0 Å². The van der Waals surface area contributed by atoms with Crippen LogP contribution in [0.1, 0.15) is 62.0 Å². The van der Waals surface area contributed by atoms with E-state index < -0.39 is 12.0 Å². The molecule has 0 aromatic carbocycles. The van der Waals surface area contributed by atoms with Gasteiger partial charge < -0.3 is 15.7 Å². The van der Waals surface area contributed by atoms with Crippen molar-refractivity contribution in [2.45, 2.75) is 70.2 Å². The first-order chi connectivity index (χ1) is 15.6. The first kappa shape index (κ1) is 23.4. The first-order valence-electron chi connectivity index (χ1n) is 10.9. The predicted octanol–water partition coefficient (Wildman–Crippen LogP) is 4.05. The minimum Gasteiger partial charge on any atom is -0.389 e. The molecular formula is C22H27ClF2N6O2. The molecule has 4 rings (SSSR count). The zero-order valence-corrected chi connectivity index (χ0v) is 19.2. The molecule has 3 heterocycles. The van der Waals surface area contributed by atoms with Crippen LogP contribution in [0.15, 0.2) is 30.6 Å². The zero-order chi connectivity index (χ0) is 23.8. The summed E-state index contributed by atoms with van der Waals surface area (Å²) >= 11 is 6.13. The van der Waals surface area contributed by atoms with Crippen LogP contribution in [0.4, 0.5) is 14.6 Å². The first-order valence-corrected chi connectivity index (χ1v) is 11.3. The molecule has 0 radical (unpaired) electrons. The fourth-order valence-corrected chi connectivity index (χ4v) is 4.37. The van der Waals surface area contributed by atoms with Gasteiger partial charge in [0.15, 0.2) is 5.15 Å². The molecule has 1 amide bonds. The number of imidazole rings is 1. The number of carbonyl (C=O) groups is 1. The lowest BCUT2D eigenvalue weighted by Gasteiger charge is -2.30. The van der Waals surface area contributed by atoms with Crippen LogP contribution in [0.5, 0.6) is 0 Å². The van der Waals surface area contributed by atoms with Gasteiger partial charge in [-0.05, 0) is 51.7 Å². The average Bonchev–Trinajstić information content (AvgIpc) is 3.32. The number of fused-ring (bicyclic) bond motifs is 1. The Balaban J connectivity index is 1.33. The van der Waals surface area contributed by atoms with Crippen molar-refractivity contribution < 1.29 is 18.7 Å². The molecule has 1 fully saturated rings. The van der Waals surface area contributed by atoms with E-state index in [0.29, 0.717) is 11.5 Å². The number of anilines is 1. The second-order valence-corrected chi connectivity index (χ2v) is 9.47. The van der Waals surface area contributed by atoms with Crippen molar-refractivity contribution in [1.29, 1.82) is 0 Å². The van der Waals surface area contributed by atoms with E-state index in [-0.39, 0.29) is 40.9 Å². The summed E-state index contributed by atoms with van der Waals surface area (Å²) in [4.78, 5) is 16.7. The van der Waals surface area contributed by atoms with E-state index in [1.807, 2.05) is 6.07 Å². The van der Waals surface area contributed by atoms with E-state index in [1.54, 1.807) is 36.6 Å². The van der Waals surface area contributed by atoms with Crippen molar-refractivity contribution in [2.75, 3.05) is 5.32 Å². The second kappa shape index (κ2) is 9.26. The maximum atomic E-state index is 13.0. The number of aliphatic hydroxyl groups is 1. The number of nitrogens with zero attached hydrogens (tertiary/aromatic N) is 4. The van der Waals surface area contributed by atoms with Crippen LogP contribution in [0.3, 0.4) is 0 Å². The van der Waals surface area contributed by atoms with Crippen molar-refractivity contribution in [2.24, 2.45) is 0 Å². The van der Waals surface area contributed by atoms with Gasteiger partial charge in [0.05, 0.1) is 17.7 Å². The van der Waals surface area contributed by atoms with Crippen LogP contribution in [0.25, 0.3) is 5.65 Å². The van der Waals surface area contributed by atoms with Gasteiger partial charge in [-0.1, -0.05) is 17.7 Å². The quantitative estimate of drug-likeness (QED) is 0.474. The van der Waals surface area contributed by atoms with Crippen LogP contribution >= 0.6 is 11.6 Å². The number of hydrogen-bond donors (Lipinski definition) is 3. The highest BCUT2D eigenvalue weighted by molar-refractivity contribution is 6.32. The van der Waals surface area contributed by atoms with Gasteiger partial charge in [-0.25, -0.2) is 13.8 Å². The van der Waals surface area contributed by atoms with E-state index >= 15 is 0 Å². The lowest BCUT2D eigenvalue weighted by atomic mass is 9.91. The van der Waals surface area contributed by atoms with Gasteiger partial charge in [-0.15, -0.1) is 0 Å². The fourth-order valence-electron chi connectivity index (χ4n) is 4.13. The van der Waals surface area contributed by atoms with E-state index in [9.17, 15) is 18.7 Å². The smallest absolute Gasteiger partial charge is 0.281 e. The van der Waals surface area contributed by atoms with Gasteiger partial charge in [0.1, 0.15) is 17.2 Å². The van der Waals surface area contributed by atoms with E-state index in [0.717, 1.165) is 25.7 Å². The highest BCUT2D eigenvalue weighted by Gasteiger charge is 2.26. The molecule has 3 N–H and O–H groups in total. The minimum atomic E-state index is -2.62. The van der Waals surface area contributed by atoms with Crippen LogP contribution in [-0.2, 0) is 6.54 Å². The number of hydrogen-bond acceptors (Lipinski definition) is 5. The van der Waals surface area contributed by atoms with Gasteiger partial charge in [0.25, 0.3) is 12.3 Å². The highest BCUT2D eigenvalue weighted by Crippen LogP contribution is 2.26. The number of alkyl halides is 2. The molecule has 1 saturated carbocycles. The van der Waals surface area contributed by atoms with Gasteiger partial charge in [-0.3, -0.25) is 13.9 Å². The summed E-state index contributed by atoms with van der Waals surface area (Å²) in [5.74, 6) is 0.423. The molecule has 0 saturated heterocycles. The fraction of sp³-hybridized carbons (Fsp3) is 0.500. The standard InChI is InChI=1S/C22H27ClF2N6O2/c1-22(2,33)12-30-10-15(19(23)29-30)21(32)27-14-8-6-13(7-9-14)26-17-4-3-5-18-28-16(20(24)25)11-31(17)18/h3-5,10-11,13-14,20,26,33H,6-9,12H2,1-2H3,(H,27,32). The van der Waals surface area contributed by atoms with E-state index in [4.69, 9.17) is 11.6 Å². The Hall–Kier alpha value is -2.72. The molecule has 3 aromatic heterocycles. The van der Waals surface area contributed by atoms with Crippen LogP contribution < -0.4 is 10.6 Å². The Labute approximate surface area is 194 Å². The molecular weight excluding hydrogens is 454 g/mol. The Morgan fingerprint density at radius 3 is 2.61 bits per heavy atom. The summed E-state index contributed by atoms with van der Waals surface area (Å²) < 4.78 is 29.1. The van der Waals surface area contributed by atoms with Gasteiger partial charge >= 0.3 is 0 Å². The molecule has 33 heavy (non-hydrogen) atoms. The minimum absolute atomic E-state index is 0.00118. The summed E-state index contributed by atoms with van der Waals surface area (Å²) in [6.45, 7) is 3.53. The average molecular weight is 481 g/mol. The highest BCUT2D eigenvalue weighted by atomic mass is 35.5. The molecule has 1 aliphatic rings. The number of amides is 1. The number of pyridine rings is 1. The largest absolute Gasteiger partial charge is 0.389 e. The molecule has 0 aliphatic heterocycles. The topological polar surface area (TPSA) is 96.5 Å². The van der Waals surface area contributed by atoms with Crippen molar-refractivity contribution in [3.63, 3.8) is 0 Å². The van der Waals surface area contributed by atoms with Crippen LogP contribution in [0, 0.1) is 0 Å². The Bertz CT molecular complexity index is 1130. The van der Waals surface area contributed by atoms with Gasteiger partial charge in [-0.2, -0.15) is 5.10 Å². The Morgan fingerprint density at radius 1 is 1.24 bits per heavy atom. The lowest BCUT2D eigenvalue weighted by Crippen LogP contribution is -2.40. The zero-order valence-electron chi connectivity index (χ0n) is 18.4. The molecule has 0 unspecified atom stereocenters. The third-order valence-corrected chi connectivity index (χ3v) is 5.94. The summed E-state index contributed by atoms with van der Waals surface area (Å²) in [5, 5.41) is 20.6. The third kappa shape index (κ3) is 5.62. The molecule has 178 valence electrons. The van der Waals surface area contributed by atoms with Crippen molar-refractivity contribution in [1.82, 2.24) is 24.5 Å². The predicted molar refractivity (Wildman–Crippen MR) is 121 cm³/mol. The lowest BCUT2D eigenvalue weighted by molar-refractivity contribution is 0.0576. The maximum Gasteiger partial charge on any atom is 0.281 e. The molecule has 8 nitrogen and oxygen atoms in total. The normalized spacial score (nSPS) is 19.2. The van der Waals surface area contributed by atoms with Crippen molar-refractivity contribution >= 4 is 29.0 Å². The van der Waals surface area contributed by atoms with Crippen molar-refractivity contribution in [3.05, 3.63) is 47.0 Å². The third-order valence-electron chi connectivity index (χ3n) is 5.66. The van der Waals surface area contributed by atoms with Crippen LogP contribution in [0.2, 0.25) is 5.15 Å². The maximum absolute atomic E-state index is 13.0. The summed E-state index contributed by atoms with van der Waals surface area (Å²) in [7, 11) is 0. The SMILES string of the molecule is CC(C)(O)Cn1cc(C(=O)NC2CCC(Nc3cccc4nc(C(F)F)cn34)CC2)c(Cl)n1. The molecule has 11 heteroatoms. The summed E-state index contributed by atoms with van der Waals surface area (Å²) in [6, 6.07) is 5.47. The number of carbonyl (C=O) groups excluding carboxylic acids is 1. The van der Waals surface area contributed by atoms with Crippen LogP contribution in [-0.4, -0.2) is 47.9 Å². The molecule has 0 atom stereocenters. The Morgan fingerprint density at radius 2 is 1.94 bits per heavy atom. The van der Waals surface area contributed by atoms with Crippen molar-refractivity contribution in [3.8, 4) is 0 Å². The molecule has 3 aromatic rings. The molecule has 0 bridgehead atoms. The van der Waals surface area contributed by atoms with E-state index in [1.165, 1.54) is 10.9 Å². The number of rotatable bonds is 7. The molecule has 0 spiro atoms. The summed E-state index contributed by atoms with van der Waals surface area (Å²) in [6.07, 6.45) is 3.43. The summed E-state index contributed by atoms with van der Waals surface area (Å²) in [5.41, 5.74) is -0.474. The Kier molecular flexibility index (Phi) is 6.58. The molecule has 1 aliphatic carbocycles. The van der Waals surface area contributed by atoms with Gasteiger partial charge in [0, 0.05) is 24.5 Å². The number of aromatic nitrogens is 4. The number of halogens is 3.